The Morgan fingerprint density at radius 2 is 1.74 bits per heavy atom. The van der Waals surface area contributed by atoms with E-state index in [1.165, 1.54) is 9.87 Å². The number of aryl methyl sites for hydroxylation is 2. The predicted molar refractivity (Wildman–Crippen MR) is 137 cm³/mol. The van der Waals surface area contributed by atoms with E-state index in [0.29, 0.717) is 43.9 Å². The van der Waals surface area contributed by atoms with E-state index in [0.717, 1.165) is 22.4 Å². The van der Waals surface area contributed by atoms with Crippen LogP contribution in [-0.2, 0) is 27.8 Å². The van der Waals surface area contributed by atoms with Crippen LogP contribution in [0.4, 0.5) is 0 Å². The maximum Gasteiger partial charge on any atom is 0.243 e. The highest BCUT2D eigenvalue weighted by atomic mass is 32.2. The van der Waals surface area contributed by atoms with Crippen LogP contribution in [0.3, 0.4) is 0 Å². The number of hydrogen-bond donors (Lipinski definition) is 0. The minimum Gasteiger partial charge on any atom is -0.337 e. The van der Waals surface area contributed by atoms with Crippen molar-refractivity contribution in [3.63, 3.8) is 0 Å². The fraction of sp³-hybridized carbons (Fsp3) is 0.370. The standard InChI is InChI=1S/C27H32N2O3S2/c1-21-10-11-26(19-22(21)2)34(31,32)29-16-13-24(14-17-29)27(30)28(20-25-9-6-18-33-25)15-12-23-7-4-3-5-8-23/h3-11,18-19,24H,12-17,20H2,1-2H3. The Hall–Kier alpha value is -2.48. The van der Waals surface area contributed by atoms with Crippen molar-refractivity contribution in [2.75, 3.05) is 19.6 Å². The van der Waals surface area contributed by atoms with Crippen LogP contribution in [0.25, 0.3) is 0 Å². The van der Waals surface area contributed by atoms with E-state index in [1.54, 1.807) is 23.5 Å². The molecule has 4 rings (SSSR count). The predicted octanol–water partition coefficient (Wildman–Crippen LogP) is 5.04. The van der Waals surface area contributed by atoms with E-state index in [9.17, 15) is 13.2 Å². The van der Waals surface area contributed by atoms with Gasteiger partial charge in [0, 0.05) is 30.4 Å². The second kappa shape index (κ2) is 10.8. The first-order chi connectivity index (χ1) is 16.3. The quantitative estimate of drug-likeness (QED) is 0.439. The van der Waals surface area contributed by atoms with Crippen molar-refractivity contribution in [2.24, 2.45) is 5.92 Å². The third-order valence-electron chi connectivity index (χ3n) is 6.67. The number of benzene rings is 2. The Morgan fingerprint density at radius 3 is 2.38 bits per heavy atom. The first-order valence-electron chi connectivity index (χ1n) is 11.8. The maximum absolute atomic E-state index is 13.5. The lowest BCUT2D eigenvalue weighted by atomic mass is 9.96. The molecule has 0 atom stereocenters. The minimum absolute atomic E-state index is 0.132. The summed E-state index contributed by atoms with van der Waals surface area (Å²) in [5.74, 6) is -0.0190. The molecular weight excluding hydrogens is 464 g/mol. The van der Waals surface area contributed by atoms with Crippen molar-refractivity contribution in [3.8, 4) is 0 Å². The Labute approximate surface area is 207 Å². The normalized spacial score (nSPS) is 15.4. The van der Waals surface area contributed by atoms with E-state index in [1.807, 2.05) is 54.5 Å². The van der Waals surface area contributed by atoms with Crippen molar-refractivity contribution in [1.82, 2.24) is 9.21 Å². The minimum atomic E-state index is -3.55. The molecule has 180 valence electrons. The molecule has 7 heteroatoms. The number of piperidine rings is 1. The summed E-state index contributed by atoms with van der Waals surface area (Å²) in [6, 6.07) is 19.6. The van der Waals surface area contributed by atoms with E-state index >= 15 is 0 Å². The Morgan fingerprint density at radius 1 is 1.00 bits per heavy atom. The van der Waals surface area contributed by atoms with Crippen molar-refractivity contribution in [1.29, 1.82) is 0 Å². The number of amides is 1. The molecule has 0 N–H and O–H groups in total. The lowest BCUT2D eigenvalue weighted by Crippen LogP contribution is -2.44. The first kappa shape index (κ1) is 24.6. The number of carbonyl (C=O) groups excluding carboxylic acids is 1. The zero-order valence-corrected chi connectivity index (χ0v) is 21.4. The molecule has 1 fully saturated rings. The highest BCUT2D eigenvalue weighted by Crippen LogP contribution is 2.27. The highest BCUT2D eigenvalue weighted by molar-refractivity contribution is 7.89. The Bertz CT molecular complexity index is 1200. The summed E-state index contributed by atoms with van der Waals surface area (Å²) in [6.07, 6.45) is 1.91. The summed E-state index contributed by atoms with van der Waals surface area (Å²) in [7, 11) is -3.55. The summed E-state index contributed by atoms with van der Waals surface area (Å²) in [4.78, 5) is 17.0. The van der Waals surface area contributed by atoms with Crippen LogP contribution in [0.15, 0.2) is 70.9 Å². The third kappa shape index (κ3) is 5.77. The van der Waals surface area contributed by atoms with Gasteiger partial charge in [0.2, 0.25) is 15.9 Å². The van der Waals surface area contributed by atoms with Gasteiger partial charge in [0.25, 0.3) is 0 Å². The molecule has 3 aromatic rings. The number of nitrogens with zero attached hydrogens (tertiary/aromatic N) is 2. The van der Waals surface area contributed by atoms with Gasteiger partial charge in [-0.1, -0.05) is 42.5 Å². The maximum atomic E-state index is 13.5. The van der Waals surface area contributed by atoms with Crippen molar-refractivity contribution in [2.45, 2.75) is 44.6 Å². The first-order valence-corrected chi connectivity index (χ1v) is 14.1. The topological polar surface area (TPSA) is 57.7 Å². The van der Waals surface area contributed by atoms with Gasteiger partial charge in [0.1, 0.15) is 0 Å². The van der Waals surface area contributed by atoms with E-state index in [-0.39, 0.29) is 11.8 Å². The number of rotatable bonds is 8. The number of sulfonamides is 1. The molecule has 0 radical (unpaired) electrons. The monoisotopic (exact) mass is 496 g/mol. The van der Waals surface area contributed by atoms with E-state index < -0.39 is 10.0 Å². The molecule has 1 aliphatic heterocycles. The van der Waals surface area contributed by atoms with Crippen LogP contribution in [-0.4, -0.2) is 43.2 Å². The molecular formula is C27H32N2O3S2. The highest BCUT2D eigenvalue weighted by Gasteiger charge is 2.34. The van der Waals surface area contributed by atoms with Gasteiger partial charge in [-0.2, -0.15) is 4.31 Å². The molecule has 0 aliphatic carbocycles. The molecule has 1 amide bonds. The Kier molecular flexibility index (Phi) is 7.86. The zero-order valence-electron chi connectivity index (χ0n) is 19.8. The average Bonchev–Trinajstić information content (AvgIpc) is 3.37. The molecule has 0 spiro atoms. The summed E-state index contributed by atoms with van der Waals surface area (Å²) >= 11 is 1.66. The van der Waals surface area contributed by atoms with E-state index in [2.05, 4.69) is 18.2 Å². The summed E-state index contributed by atoms with van der Waals surface area (Å²) in [5, 5.41) is 2.03. The van der Waals surface area contributed by atoms with Gasteiger partial charge >= 0.3 is 0 Å². The molecule has 1 aromatic heterocycles. The lowest BCUT2D eigenvalue weighted by Gasteiger charge is -2.33. The molecule has 5 nitrogen and oxygen atoms in total. The molecule has 0 saturated carbocycles. The third-order valence-corrected chi connectivity index (χ3v) is 9.43. The van der Waals surface area contributed by atoms with E-state index in [4.69, 9.17) is 0 Å². The molecule has 1 saturated heterocycles. The molecule has 0 unspecified atom stereocenters. The fourth-order valence-corrected chi connectivity index (χ4v) is 6.67. The average molecular weight is 497 g/mol. The van der Waals surface area contributed by atoms with Crippen LogP contribution in [0.1, 0.15) is 34.4 Å². The van der Waals surface area contributed by atoms with Gasteiger partial charge in [-0.25, -0.2) is 8.42 Å². The second-order valence-electron chi connectivity index (χ2n) is 9.00. The zero-order chi connectivity index (χ0) is 24.1. The number of hydrogen-bond acceptors (Lipinski definition) is 4. The van der Waals surface area contributed by atoms with Gasteiger partial charge < -0.3 is 4.90 Å². The van der Waals surface area contributed by atoms with Crippen LogP contribution in [0.2, 0.25) is 0 Å². The molecule has 34 heavy (non-hydrogen) atoms. The lowest BCUT2D eigenvalue weighted by molar-refractivity contribution is -0.137. The van der Waals surface area contributed by atoms with Gasteiger partial charge in [0.05, 0.1) is 11.4 Å². The van der Waals surface area contributed by atoms with Crippen LogP contribution in [0, 0.1) is 19.8 Å². The van der Waals surface area contributed by atoms with Crippen LogP contribution >= 0.6 is 11.3 Å². The van der Waals surface area contributed by atoms with Gasteiger partial charge in [-0.05, 0) is 73.4 Å². The van der Waals surface area contributed by atoms with Crippen molar-refractivity contribution >= 4 is 27.3 Å². The summed E-state index contributed by atoms with van der Waals surface area (Å²) in [6.45, 7) is 5.90. The molecule has 2 aromatic carbocycles. The summed E-state index contributed by atoms with van der Waals surface area (Å²) in [5.41, 5.74) is 3.25. The van der Waals surface area contributed by atoms with Crippen LogP contribution < -0.4 is 0 Å². The SMILES string of the molecule is Cc1ccc(S(=O)(=O)N2CCC(C(=O)N(CCc3ccccc3)Cc3cccs3)CC2)cc1C. The Balaban J connectivity index is 1.42. The van der Waals surface area contributed by atoms with Gasteiger partial charge in [-0.3, -0.25) is 4.79 Å². The summed E-state index contributed by atoms with van der Waals surface area (Å²) < 4.78 is 27.9. The van der Waals surface area contributed by atoms with Crippen LogP contribution in [0.5, 0.6) is 0 Å². The number of thiophene rings is 1. The van der Waals surface area contributed by atoms with Gasteiger partial charge in [-0.15, -0.1) is 11.3 Å². The smallest absolute Gasteiger partial charge is 0.243 e. The van der Waals surface area contributed by atoms with Gasteiger partial charge in [0.15, 0.2) is 0 Å². The van der Waals surface area contributed by atoms with Crippen molar-refractivity contribution in [3.05, 3.63) is 87.6 Å². The number of carbonyl (C=O) groups is 1. The largest absolute Gasteiger partial charge is 0.337 e. The fourth-order valence-electron chi connectivity index (χ4n) is 4.39. The second-order valence-corrected chi connectivity index (χ2v) is 12.0. The molecule has 1 aliphatic rings. The molecule has 2 heterocycles. The molecule has 0 bridgehead atoms. The van der Waals surface area contributed by atoms with Crippen molar-refractivity contribution < 1.29 is 13.2 Å².